The van der Waals surface area contributed by atoms with E-state index in [1.807, 2.05) is 12.1 Å². The van der Waals surface area contributed by atoms with E-state index in [2.05, 4.69) is 10.3 Å². The molecule has 7 nitrogen and oxygen atoms in total. The summed E-state index contributed by atoms with van der Waals surface area (Å²) >= 11 is 0. The van der Waals surface area contributed by atoms with Crippen LogP contribution in [0.25, 0.3) is 10.8 Å². The van der Waals surface area contributed by atoms with E-state index < -0.39 is 0 Å². The summed E-state index contributed by atoms with van der Waals surface area (Å²) in [5.74, 6) is 1.11. The van der Waals surface area contributed by atoms with Gasteiger partial charge in [-0.05, 0) is 23.1 Å². The van der Waals surface area contributed by atoms with Gasteiger partial charge in [-0.1, -0.05) is 0 Å². The summed E-state index contributed by atoms with van der Waals surface area (Å²) in [6.45, 7) is 1.24. The third kappa shape index (κ3) is 3.93. The highest BCUT2D eigenvalue weighted by Crippen LogP contribution is 2.34. The molecule has 24 heavy (non-hydrogen) atoms. The number of carbonyl (C=O) groups excluding carboxylic acids is 1. The lowest BCUT2D eigenvalue weighted by Gasteiger charge is -2.14. The van der Waals surface area contributed by atoms with Crippen LogP contribution < -0.4 is 20.5 Å². The van der Waals surface area contributed by atoms with Crippen LogP contribution in [-0.2, 0) is 22.5 Å². The van der Waals surface area contributed by atoms with Gasteiger partial charge in [-0.15, -0.1) is 0 Å². The molecule has 130 valence electrons. The zero-order chi connectivity index (χ0) is 17.5. The van der Waals surface area contributed by atoms with Crippen LogP contribution in [0.15, 0.2) is 18.3 Å². The standard InChI is InChI=1S/C17H23N3O4/c1-22-5-4-19-17(21)6-11-10-20-14(9-18)13-8-16(24-3)15(23-2)7-12(11)13/h7-8,10H,4-6,9,18H2,1-3H3,(H,19,21). The number of nitrogens with one attached hydrogen (secondary N) is 1. The predicted octanol–water partition coefficient (Wildman–Crippen LogP) is 1.02. The van der Waals surface area contributed by atoms with Crippen molar-refractivity contribution in [3.8, 4) is 11.5 Å². The number of nitrogens with zero attached hydrogens (tertiary/aromatic N) is 1. The fourth-order valence-corrected chi connectivity index (χ4v) is 2.51. The Morgan fingerprint density at radius 2 is 1.83 bits per heavy atom. The van der Waals surface area contributed by atoms with E-state index in [0.29, 0.717) is 31.2 Å². The zero-order valence-corrected chi connectivity index (χ0v) is 14.2. The largest absolute Gasteiger partial charge is 0.493 e. The zero-order valence-electron chi connectivity index (χ0n) is 14.2. The fourth-order valence-electron chi connectivity index (χ4n) is 2.51. The smallest absolute Gasteiger partial charge is 0.224 e. The Bertz CT molecular complexity index is 719. The van der Waals surface area contributed by atoms with Gasteiger partial charge in [0.1, 0.15) is 0 Å². The van der Waals surface area contributed by atoms with Crippen LogP contribution >= 0.6 is 0 Å². The molecule has 1 aromatic carbocycles. The van der Waals surface area contributed by atoms with E-state index >= 15 is 0 Å². The van der Waals surface area contributed by atoms with Crippen LogP contribution in [0.1, 0.15) is 11.3 Å². The van der Waals surface area contributed by atoms with Gasteiger partial charge in [0.2, 0.25) is 5.91 Å². The third-order valence-corrected chi connectivity index (χ3v) is 3.73. The second-order valence-corrected chi connectivity index (χ2v) is 5.21. The van der Waals surface area contributed by atoms with Crippen molar-refractivity contribution in [3.05, 3.63) is 29.6 Å². The quantitative estimate of drug-likeness (QED) is 0.700. The van der Waals surface area contributed by atoms with Gasteiger partial charge in [0.15, 0.2) is 11.5 Å². The van der Waals surface area contributed by atoms with E-state index in [1.54, 1.807) is 27.5 Å². The van der Waals surface area contributed by atoms with Crippen molar-refractivity contribution >= 4 is 16.7 Å². The lowest BCUT2D eigenvalue weighted by atomic mass is 10.0. The van der Waals surface area contributed by atoms with Gasteiger partial charge < -0.3 is 25.3 Å². The molecule has 2 rings (SSSR count). The van der Waals surface area contributed by atoms with Crippen molar-refractivity contribution in [2.24, 2.45) is 5.73 Å². The Hall–Kier alpha value is -2.38. The molecule has 0 unspecified atom stereocenters. The van der Waals surface area contributed by atoms with Crippen LogP contribution in [-0.4, -0.2) is 45.4 Å². The maximum atomic E-state index is 12.1. The number of benzene rings is 1. The number of rotatable bonds is 8. The van der Waals surface area contributed by atoms with E-state index in [-0.39, 0.29) is 12.3 Å². The summed E-state index contributed by atoms with van der Waals surface area (Å²) in [5, 5.41) is 4.54. The number of nitrogens with two attached hydrogens (primary N) is 1. The fraction of sp³-hybridized carbons (Fsp3) is 0.412. The summed E-state index contributed by atoms with van der Waals surface area (Å²) in [6, 6.07) is 3.70. The van der Waals surface area contributed by atoms with Crippen molar-refractivity contribution in [1.82, 2.24) is 10.3 Å². The van der Waals surface area contributed by atoms with Crippen molar-refractivity contribution in [3.63, 3.8) is 0 Å². The van der Waals surface area contributed by atoms with Gasteiger partial charge in [0.05, 0.1) is 32.9 Å². The van der Waals surface area contributed by atoms with Gasteiger partial charge in [0.25, 0.3) is 0 Å². The van der Waals surface area contributed by atoms with Crippen molar-refractivity contribution < 1.29 is 19.0 Å². The lowest BCUT2D eigenvalue weighted by molar-refractivity contribution is -0.120. The van der Waals surface area contributed by atoms with Gasteiger partial charge in [-0.3, -0.25) is 9.78 Å². The number of fused-ring (bicyclic) bond motifs is 1. The number of carbonyl (C=O) groups is 1. The van der Waals surface area contributed by atoms with Gasteiger partial charge in [-0.2, -0.15) is 0 Å². The number of amides is 1. The molecule has 0 aliphatic heterocycles. The average Bonchev–Trinajstić information content (AvgIpc) is 2.61. The maximum Gasteiger partial charge on any atom is 0.224 e. The minimum absolute atomic E-state index is 0.0922. The Morgan fingerprint density at radius 1 is 1.17 bits per heavy atom. The van der Waals surface area contributed by atoms with Crippen molar-refractivity contribution in [2.45, 2.75) is 13.0 Å². The summed E-state index contributed by atoms with van der Waals surface area (Å²) in [5.41, 5.74) is 7.33. The summed E-state index contributed by atoms with van der Waals surface area (Å²) in [7, 11) is 4.74. The molecule has 0 saturated carbocycles. The topological polar surface area (TPSA) is 95.7 Å². The monoisotopic (exact) mass is 333 g/mol. The molecule has 0 radical (unpaired) electrons. The summed E-state index contributed by atoms with van der Waals surface area (Å²) < 4.78 is 15.6. The molecular formula is C17H23N3O4. The van der Waals surface area contributed by atoms with Crippen molar-refractivity contribution in [1.29, 1.82) is 0 Å². The SMILES string of the molecule is COCCNC(=O)Cc1cnc(CN)c2cc(OC)c(OC)cc12. The molecule has 1 amide bonds. The molecular weight excluding hydrogens is 310 g/mol. The Morgan fingerprint density at radius 3 is 2.42 bits per heavy atom. The number of ether oxygens (including phenoxy) is 3. The lowest BCUT2D eigenvalue weighted by Crippen LogP contribution is -2.28. The van der Waals surface area contributed by atoms with Crippen LogP contribution in [0, 0.1) is 0 Å². The first-order valence-electron chi connectivity index (χ1n) is 7.62. The number of hydrogen-bond acceptors (Lipinski definition) is 6. The van der Waals surface area contributed by atoms with E-state index in [9.17, 15) is 4.79 Å². The first kappa shape index (κ1) is 18.0. The van der Waals surface area contributed by atoms with Crippen LogP contribution in [0.5, 0.6) is 11.5 Å². The highest BCUT2D eigenvalue weighted by Gasteiger charge is 2.14. The van der Waals surface area contributed by atoms with Crippen molar-refractivity contribution in [2.75, 3.05) is 34.5 Å². The third-order valence-electron chi connectivity index (χ3n) is 3.73. The second-order valence-electron chi connectivity index (χ2n) is 5.21. The van der Waals surface area contributed by atoms with E-state index in [0.717, 1.165) is 22.0 Å². The van der Waals surface area contributed by atoms with Gasteiger partial charge >= 0.3 is 0 Å². The molecule has 0 spiro atoms. The summed E-state index contributed by atoms with van der Waals surface area (Å²) in [6.07, 6.45) is 1.90. The minimum atomic E-state index is -0.0922. The normalized spacial score (nSPS) is 10.7. The van der Waals surface area contributed by atoms with Crippen LogP contribution in [0.2, 0.25) is 0 Å². The molecule has 3 N–H and O–H groups in total. The molecule has 0 atom stereocenters. The molecule has 0 aliphatic carbocycles. The van der Waals surface area contributed by atoms with Gasteiger partial charge in [-0.25, -0.2) is 0 Å². The Balaban J connectivity index is 2.41. The number of hydrogen-bond donors (Lipinski definition) is 2. The maximum absolute atomic E-state index is 12.1. The predicted molar refractivity (Wildman–Crippen MR) is 91.3 cm³/mol. The molecule has 0 bridgehead atoms. The highest BCUT2D eigenvalue weighted by molar-refractivity contribution is 5.93. The molecule has 1 heterocycles. The molecule has 1 aromatic heterocycles. The van der Waals surface area contributed by atoms with E-state index in [1.165, 1.54) is 0 Å². The number of pyridine rings is 1. The first-order valence-corrected chi connectivity index (χ1v) is 7.62. The number of aromatic nitrogens is 1. The first-order chi connectivity index (χ1) is 11.6. The molecule has 2 aromatic rings. The second kappa shape index (κ2) is 8.47. The molecule has 0 saturated heterocycles. The number of methoxy groups -OCH3 is 3. The van der Waals surface area contributed by atoms with Gasteiger partial charge in [0, 0.05) is 31.8 Å². The highest BCUT2D eigenvalue weighted by atomic mass is 16.5. The van der Waals surface area contributed by atoms with Crippen LogP contribution in [0.3, 0.4) is 0 Å². The molecule has 0 fully saturated rings. The van der Waals surface area contributed by atoms with Crippen LogP contribution in [0.4, 0.5) is 0 Å². The Labute approximate surface area is 141 Å². The Kier molecular flexibility index (Phi) is 6.34. The minimum Gasteiger partial charge on any atom is -0.493 e. The summed E-state index contributed by atoms with van der Waals surface area (Å²) in [4.78, 5) is 16.5. The average molecular weight is 333 g/mol. The molecule has 7 heteroatoms. The van der Waals surface area contributed by atoms with E-state index in [4.69, 9.17) is 19.9 Å². The molecule has 0 aliphatic rings.